The van der Waals surface area contributed by atoms with Gasteiger partial charge in [0.15, 0.2) is 0 Å². The maximum absolute atomic E-state index is 13.1. The number of nitrogens with one attached hydrogen (secondary N) is 1. The van der Waals surface area contributed by atoms with E-state index in [1.54, 1.807) is 0 Å². The summed E-state index contributed by atoms with van der Waals surface area (Å²) < 4.78 is 39.2. The Morgan fingerprint density at radius 3 is 2.29 bits per heavy atom. The fourth-order valence-corrected chi connectivity index (χ4v) is 3.22. The first-order valence-corrected chi connectivity index (χ1v) is 7.66. The standard InChI is InChI=1S/C17H24F3N/c1-11-8-13(3)14(9-12(11)2)10-21-16-7-5-4-6-15(16)17(18,19)20/h8-9,15-16,21H,4-7,10H2,1-3H3. The van der Waals surface area contributed by atoms with Gasteiger partial charge in [0.05, 0.1) is 5.92 Å². The van der Waals surface area contributed by atoms with E-state index in [4.69, 9.17) is 0 Å². The summed E-state index contributed by atoms with van der Waals surface area (Å²) in [6, 6.07) is 3.75. The lowest BCUT2D eigenvalue weighted by molar-refractivity contribution is -0.189. The quantitative estimate of drug-likeness (QED) is 0.843. The monoisotopic (exact) mass is 299 g/mol. The van der Waals surface area contributed by atoms with E-state index < -0.39 is 18.1 Å². The summed E-state index contributed by atoms with van der Waals surface area (Å²) in [7, 11) is 0. The van der Waals surface area contributed by atoms with Crippen LogP contribution in [0.1, 0.15) is 47.9 Å². The van der Waals surface area contributed by atoms with Crippen molar-refractivity contribution in [2.45, 2.75) is 65.2 Å². The van der Waals surface area contributed by atoms with E-state index in [0.29, 0.717) is 19.4 Å². The van der Waals surface area contributed by atoms with Crippen LogP contribution in [0.3, 0.4) is 0 Å². The Bertz CT molecular complexity index is 494. The SMILES string of the molecule is Cc1cc(C)c(CNC2CCCCC2C(F)(F)F)cc1C. The molecule has 0 heterocycles. The third-order valence-corrected chi connectivity index (χ3v) is 4.69. The maximum Gasteiger partial charge on any atom is 0.393 e. The Morgan fingerprint density at radius 2 is 1.62 bits per heavy atom. The molecule has 1 aromatic carbocycles. The maximum atomic E-state index is 13.1. The lowest BCUT2D eigenvalue weighted by Gasteiger charge is -2.33. The number of alkyl halides is 3. The molecule has 0 saturated heterocycles. The minimum Gasteiger partial charge on any atom is -0.309 e. The molecule has 4 heteroatoms. The van der Waals surface area contributed by atoms with Crippen LogP contribution in [0.15, 0.2) is 12.1 Å². The van der Waals surface area contributed by atoms with Crippen LogP contribution in [0.25, 0.3) is 0 Å². The van der Waals surface area contributed by atoms with Crippen molar-refractivity contribution in [3.05, 3.63) is 34.4 Å². The largest absolute Gasteiger partial charge is 0.393 e. The number of rotatable bonds is 3. The minimum absolute atomic E-state index is 0.257. The topological polar surface area (TPSA) is 12.0 Å². The van der Waals surface area contributed by atoms with Crippen molar-refractivity contribution < 1.29 is 13.2 Å². The van der Waals surface area contributed by atoms with Gasteiger partial charge in [-0.15, -0.1) is 0 Å². The zero-order valence-corrected chi connectivity index (χ0v) is 13.0. The normalized spacial score (nSPS) is 23.3. The van der Waals surface area contributed by atoms with Gasteiger partial charge in [0.2, 0.25) is 0 Å². The highest BCUT2D eigenvalue weighted by atomic mass is 19.4. The van der Waals surface area contributed by atoms with Gasteiger partial charge in [-0.05, 0) is 55.9 Å². The van der Waals surface area contributed by atoms with Crippen LogP contribution in [-0.4, -0.2) is 12.2 Å². The fraction of sp³-hybridized carbons (Fsp3) is 0.647. The zero-order valence-electron chi connectivity index (χ0n) is 13.0. The number of halogens is 3. The average molecular weight is 299 g/mol. The van der Waals surface area contributed by atoms with Gasteiger partial charge in [0, 0.05) is 12.6 Å². The molecule has 0 spiro atoms. The zero-order chi connectivity index (χ0) is 15.6. The van der Waals surface area contributed by atoms with Crippen LogP contribution in [-0.2, 0) is 6.54 Å². The van der Waals surface area contributed by atoms with Crippen molar-refractivity contribution in [1.29, 1.82) is 0 Å². The van der Waals surface area contributed by atoms with Gasteiger partial charge >= 0.3 is 6.18 Å². The predicted octanol–water partition coefficient (Wildman–Crippen LogP) is 4.82. The molecule has 2 rings (SSSR count). The second-order valence-electron chi connectivity index (χ2n) is 6.28. The molecule has 1 aliphatic carbocycles. The molecule has 1 fully saturated rings. The molecule has 1 saturated carbocycles. The van der Waals surface area contributed by atoms with Gasteiger partial charge in [-0.3, -0.25) is 0 Å². The highest BCUT2D eigenvalue weighted by Gasteiger charge is 2.45. The molecular formula is C17H24F3N. The van der Waals surface area contributed by atoms with E-state index in [2.05, 4.69) is 24.4 Å². The first-order chi connectivity index (χ1) is 9.79. The molecule has 1 nitrogen and oxygen atoms in total. The molecule has 0 aliphatic heterocycles. The molecule has 0 amide bonds. The number of hydrogen-bond donors (Lipinski definition) is 1. The number of hydrogen-bond acceptors (Lipinski definition) is 1. The van der Waals surface area contributed by atoms with E-state index in [-0.39, 0.29) is 6.42 Å². The van der Waals surface area contributed by atoms with Gasteiger partial charge < -0.3 is 5.32 Å². The van der Waals surface area contributed by atoms with Crippen molar-refractivity contribution in [2.75, 3.05) is 0 Å². The van der Waals surface area contributed by atoms with Crippen LogP contribution in [0, 0.1) is 26.7 Å². The van der Waals surface area contributed by atoms with Crippen LogP contribution < -0.4 is 5.32 Å². The number of benzene rings is 1. The van der Waals surface area contributed by atoms with Crippen molar-refractivity contribution in [3.8, 4) is 0 Å². The fourth-order valence-electron chi connectivity index (χ4n) is 3.22. The highest BCUT2D eigenvalue weighted by molar-refractivity contribution is 5.36. The van der Waals surface area contributed by atoms with Gasteiger partial charge in [-0.2, -0.15) is 13.2 Å². The van der Waals surface area contributed by atoms with Crippen molar-refractivity contribution >= 4 is 0 Å². The molecule has 21 heavy (non-hydrogen) atoms. The second kappa shape index (κ2) is 6.39. The molecule has 1 N–H and O–H groups in total. The number of aryl methyl sites for hydroxylation is 3. The summed E-state index contributed by atoms with van der Waals surface area (Å²) in [5, 5.41) is 3.16. The predicted molar refractivity (Wildman–Crippen MR) is 79.3 cm³/mol. The Kier molecular flexibility index (Phi) is 4.97. The molecule has 2 atom stereocenters. The lowest BCUT2D eigenvalue weighted by atomic mass is 9.84. The smallest absolute Gasteiger partial charge is 0.309 e. The third kappa shape index (κ3) is 4.00. The summed E-state index contributed by atoms with van der Waals surface area (Å²) in [6.07, 6.45) is -1.64. The molecule has 118 valence electrons. The van der Waals surface area contributed by atoms with Crippen molar-refractivity contribution in [2.24, 2.45) is 5.92 Å². The molecule has 0 radical (unpaired) electrons. The second-order valence-corrected chi connectivity index (χ2v) is 6.28. The molecular weight excluding hydrogens is 275 g/mol. The Balaban J connectivity index is 2.06. The van der Waals surface area contributed by atoms with E-state index in [1.807, 2.05) is 13.8 Å². The molecule has 1 aliphatic rings. The lowest BCUT2D eigenvalue weighted by Crippen LogP contribution is -2.45. The van der Waals surface area contributed by atoms with Crippen LogP contribution in [0.4, 0.5) is 13.2 Å². The average Bonchev–Trinajstić information content (AvgIpc) is 2.41. The Hall–Kier alpha value is -1.03. The van der Waals surface area contributed by atoms with Crippen molar-refractivity contribution in [1.82, 2.24) is 5.32 Å². The first kappa shape index (κ1) is 16.3. The molecule has 2 unspecified atom stereocenters. The molecule has 0 aromatic heterocycles. The molecule has 1 aromatic rings. The van der Waals surface area contributed by atoms with Gasteiger partial charge in [-0.25, -0.2) is 0 Å². The molecule has 0 bridgehead atoms. The highest BCUT2D eigenvalue weighted by Crippen LogP contribution is 2.37. The third-order valence-electron chi connectivity index (χ3n) is 4.69. The summed E-state index contributed by atoms with van der Waals surface area (Å²) in [5.74, 6) is -1.20. The van der Waals surface area contributed by atoms with E-state index in [0.717, 1.165) is 17.5 Å². The summed E-state index contributed by atoms with van der Waals surface area (Å²) >= 11 is 0. The van der Waals surface area contributed by atoms with E-state index >= 15 is 0 Å². The van der Waals surface area contributed by atoms with Crippen LogP contribution >= 0.6 is 0 Å². The Morgan fingerprint density at radius 1 is 1.00 bits per heavy atom. The summed E-state index contributed by atoms with van der Waals surface area (Å²) in [5.41, 5.74) is 4.66. The van der Waals surface area contributed by atoms with Crippen LogP contribution in [0.5, 0.6) is 0 Å². The van der Waals surface area contributed by atoms with Gasteiger partial charge in [0.1, 0.15) is 0 Å². The first-order valence-electron chi connectivity index (χ1n) is 7.66. The summed E-state index contributed by atoms with van der Waals surface area (Å²) in [6.45, 7) is 6.63. The van der Waals surface area contributed by atoms with Crippen LogP contribution in [0.2, 0.25) is 0 Å². The van der Waals surface area contributed by atoms with E-state index in [1.165, 1.54) is 11.1 Å². The minimum atomic E-state index is -4.09. The van der Waals surface area contributed by atoms with Crippen molar-refractivity contribution in [3.63, 3.8) is 0 Å². The van der Waals surface area contributed by atoms with Gasteiger partial charge in [-0.1, -0.05) is 25.0 Å². The van der Waals surface area contributed by atoms with Gasteiger partial charge in [0.25, 0.3) is 0 Å². The summed E-state index contributed by atoms with van der Waals surface area (Å²) in [4.78, 5) is 0. The Labute approximate surface area is 124 Å². The van der Waals surface area contributed by atoms with E-state index in [9.17, 15) is 13.2 Å².